The van der Waals surface area contributed by atoms with Crippen LogP contribution in [0.25, 0.3) is 0 Å². The van der Waals surface area contributed by atoms with Crippen LogP contribution in [0.3, 0.4) is 0 Å². The molecule has 2 aromatic heterocycles. The van der Waals surface area contributed by atoms with Crippen molar-refractivity contribution in [3.63, 3.8) is 0 Å². The van der Waals surface area contributed by atoms with Gasteiger partial charge in [-0.2, -0.15) is 13.2 Å². The van der Waals surface area contributed by atoms with Gasteiger partial charge in [-0.15, -0.1) is 0 Å². The monoisotopic (exact) mass is 346 g/mol. The van der Waals surface area contributed by atoms with Crippen molar-refractivity contribution in [2.45, 2.75) is 38.6 Å². The lowest BCUT2D eigenvalue weighted by Crippen LogP contribution is -2.46. The van der Waals surface area contributed by atoms with E-state index >= 15 is 0 Å². The molecule has 9 heteroatoms. The first-order valence-corrected chi connectivity index (χ1v) is 7.05. The third-order valence-electron chi connectivity index (χ3n) is 3.53. The molecule has 1 atom stereocenters. The molecule has 0 radical (unpaired) electrons. The predicted octanol–water partition coefficient (Wildman–Crippen LogP) is 2.68. The van der Waals surface area contributed by atoms with Gasteiger partial charge in [0.05, 0.1) is 13.0 Å². The van der Waals surface area contributed by atoms with Gasteiger partial charge >= 0.3 is 6.18 Å². The molecule has 1 N–H and O–H groups in total. The van der Waals surface area contributed by atoms with E-state index in [1.807, 2.05) is 0 Å². The molecule has 24 heavy (non-hydrogen) atoms. The summed E-state index contributed by atoms with van der Waals surface area (Å²) in [6.07, 6.45) is -6.27. The van der Waals surface area contributed by atoms with E-state index in [9.17, 15) is 23.1 Å². The highest BCUT2D eigenvalue weighted by atomic mass is 19.4. The zero-order valence-electron chi connectivity index (χ0n) is 13.3. The second-order valence-electron chi connectivity index (χ2n) is 5.62. The number of alkyl halides is 3. The van der Waals surface area contributed by atoms with Crippen LogP contribution in [0.5, 0.6) is 0 Å². The quantitative estimate of drug-likeness (QED) is 0.900. The molecule has 0 bridgehead atoms. The van der Waals surface area contributed by atoms with Crippen molar-refractivity contribution in [3.8, 4) is 0 Å². The van der Waals surface area contributed by atoms with Crippen LogP contribution in [0, 0.1) is 13.8 Å². The van der Waals surface area contributed by atoms with Crippen LogP contribution in [-0.2, 0) is 16.9 Å². The zero-order valence-corrected chi connectivity index (χ0v) is 13.3. The molecule has 2 aromatic rings. The third-order valence-corrected chi connectivity index (χ3v) is 3.53. The Morgan fingerprint density at radius 2 is 1.96 bits per heavy atom. The average Bonchev–Trinajstić information content (AvgIpc) is 3.06. The standard InChI is InChI=1S/C15H17F3N2O4/c1-9-4-5-12(23-9)14(22,15(16,17)18)7-13(21)20(3)8-11-6-10(2)24-19-11/h4-6,22H,7-8H2,1-3H3. The molecule has 0 fully saturated rings. The summed E-state index contributed by atoms with van der Waals surface area (Å²) in [5.41, 5.74) is -3.00. The van der Waals surface area contributed by atoms with Gasteiger partial charge in [0.2, 0.25) is 11.5 Å². The summed E-state index contributed by atoms with van der Waals surface area (Å²) in [4.78, 5) is 13.2. The minimum absolute atomic E-state index is 0.0404. The van der Waals surface area contributed by atoms with Crippen molar-refractivity contribution in [1.29, 1.82) is 0 Å². The first kappa shape index (κ1) is 18.1. The first-order chi connectivity index (χ1) is 11.0. The molecule has 2 heterocycles. The number of carbonyl (C=O) groups is 1. The Hall–Kier alpha value is -2.29. The maximum absolute atomic E-state index is 13.3. The Bertz CT molecular complexity index is 722. The third kappa shape index (κ3) is 3.61. The van der Waals surface area contributed by atoms with E-state index in [0.29, 0.717) is 11.5 Å². The summed E-state index contributed by atoms with van der Waals surface area (Å²) in [5.74, 6) is -0.911. The lowest BCUT2D eigenvalue weighted by atomic mass is 9.95. The van der Waals surface area contributed by atoms with E-state index in [4.69, 9.17) is 8.94 Å². The summed E-state index contributed by atoms with van der Waals surface area (Å²) in [6.45, 7) is 3.06. The van der Waals surface area contributed by atoms with Gasteiger partial charge in [-0.1, -0.05) is 5.16 Å². The van der Waals surface area contributed by atoms with Crippen LogP contribution >= 0.6 is 0 Å². The maximum atomic E-state index is 13.3. The fraction of sp³-hybridized carbons (Fsp3) is 0.467. The number of amides is 1. The molecule has 0 saturated heterocycles. The lowest BCUT2D eigenvalue weighted by molar-refractivity contribution is -0.274. The van der Waals surface area contributed by atoms with Gasteiger partial charge in [0.15, 0.2) is 0 Å². The Kier molecular flexibility index (Phi) is 4.75. The number of hydrogen-bond donors (Lipinski definition) is 1. The van der Waals surface area contributed by atoms with Gasteiger partial charge in [-0.25, -0.2) is 0 Å². The minimum atomic E-state index is -5.07. The topological polar surface area (TPSA) is 79.7 Å². The van der Waals surface area contributed by atoms with Crippen molar-refractivity contribution < 1.29 is 32.0 Å². The highest BCUT2D eigenvalue weighted by Gasteiger charge is 2.58. The molecular weight excluding hydrogens is 329 g/mol. The number of rotatable bonds is 5. The molecular formula is C15H17F3N2O4. The molecule has 0 aromatic carbocycles. The number of hydrogen-bond acceptors (Lipinski definition) is 5. The minimum Gasteiger partial charge on any atom is -0.463 e. The number of nitrogens with zero attached hydrogens (tertiary/aromatic N) is 2. The summed E-state index contributed by atoms with van der Waals surface area (Å²) < 4.78 is 49.8. The van der Waals surface area contributed by atoms with Gasteiger partial charge in [0.1, 0.15) is 23.0 Å². The van der Waals surface area contributed by atoms with Crippen molar-refractivity contribution in [2.24, 2.45) is 0 Å². The Balaban J connectivity index is 2.18. The van der Waals surface area contributed by atoms with Gasteiger partial charge in [0, 0.05) is 13.1 Å². The molecule has 0 aliphatic carbocycles. The predicted molar refractivity (Wildman–Crippen MR) is 75.7 cm³/mol. The molecule has 2 rings (SSSR count). The highest BCUT2D eigenvalue weighted by Crippen LogP contribution is 2.42. The van der Waals surface area contributed by atoms with Crippen LogP contribution in [0.2, 0.25) is 0 Å². The maximum Gasteiger partial charge on any atom is 0.425 e. The SMILES string of the molecule is Cc1cc(CN(C)C(=O)CC(O)(c2ccc(C)o2)C(F)(F)F)no1. The van der Waals surface area contributed by atoms with Crippen LogP contribution < -0.4 is 0 Å². The Morgan fingerprint density at radius 1 is 1.29 bits per heavy atom. The fourth-order valence-corrected chi connectivity index (χ4v) is 2.16. The van der Waals surface area contributed by atoms with Gasteiger partial charge in [-0.05, 0) is 26.0 Å². The van der Waals surface area contributed by atoms with Crippen LogP contribution in [0.4, 0.5) is 13.2 Å². The van der Waals surface area contributed by atoms with E-state index in [1.54, 1.807) is 13.0 Å². The highest BCUT2D eigenvalue weighted by molar-refractivity contribution is 5.77. The molecule has 0 spiro atoms. The van der Waals surface area contributed by atoms with Crippen LogP contribution in [-0.4, -0.2) is 34.3 Å². The molecule has 0 aliphatic heterocycles. The molecule has 1 unspecified atom stereocenters. The number of furan rings is 1. The van der Waals surface area contributed by atoms with E-state index in [1.165, 1.54) is 20.0 Å². The Morgan fingerprint density at radius 3 is 2.42 bits per heavy atom. The van der Waals surface area contributed by atoms with Crippen LogP contribution in [0.15, 0.2) is 27.1 Å². The van der Waals surface area contributed by atoms with Crippen molar-refractivity contribution in [2.75, 3.05) is 7.05 Å². The molecule has 132 valence electrons. The van der Waals surface area contributed by atoms with E-state index in [0.717, 1.165) is 11.0 Å². The van der Waals surface area contributed by atoms with E-state index < -0.39 is 29.9 Å². The first-order valence-electron chi connectivity index (χ1n) is 7.05. The molecule has 1 amide bonds. The molecule has 0 saturated carbocycles. The van der Waals surface area contributed by atoms with Crippen molar-refractivity contribution in [1.82, 2.24) is 10.1 Å². The summed E-state index contributed by atoms with van der Waals surface area (Å²) in [5, 5.41) is 13.8. The number of aryl methyl sites for hydroxylation is 2. The lowest BCUT2D eigenvalue weighted by Gasteiger charge is -2.29. The second-order valence-corrected chi connectivity index (χ2v) is 5.62. The molecule has 0 aliphatic rings. The average molecular weight is 346 g/mol. The van der Waals surface area contributed by atoms with Gasteiger partial charge in [-0.3, -0.25) is 4.79 Å². The summed E-state index contributed by atoms with van der Waals surface area (Å²) in [7, 11) is 1.32. The smallest absolute Gasteiger partial charge is 0.425 e. The van der Waals surface area contributed by atoms with Crippen molar-refractivity contribution >= 4 is 5.91 Å². The van der Waals surface area contributed by atoms with Crippen LogP contribution in [0.1, 0.15) is 29.4 Å². The number of aliphatic hydroxyl groups is 1. The zero-order chi connectivity index (χ0) is 18.1. The summed E-state index contributed by atoms with van der Waals surface area (Å²) in [6, 6.07) is 3.87. The van der Waals surface area contributed by atoms with Gasteiger partial charge in [0.25, 0.3) is 0 Å². The largest absolute Gasteiger partial charge is 0.463 e. The van der Waals surface area contributed by atoms with Gasteiger partial charge < -0.3 is 18.9 Å². The number of aromatic nitrogens is 1. The van der Waals surface area contributed by atoms with E-state index in [2.05, 4.69) is 5.16 Å². The summed E-state index contributed by atoms with van der Waals surface area (Å²) >= 11 is 0. The number of halogens is 3. The van der Waals surface area contributed by atoms with E-state index in [-0.39, 0.29) is 12.3 Å². The number of carbonyl (C=O) groups excluding carboxylic acids is 1. The van der Waals surface area contributed by atoms with Crippen molar-refractivity contribution in [3.05, 3.63) is 41.2 Å². The normalized spacial score (nSPS) is 14.5. The fourth-order valence-electron chi connectivity index (χ4n) is 2.16. The second kappa shape index (κ2) is 6.31. The molecule has 6 nitrogen and oxygen atoms in total. The Labute approximate surface area is 135 Å².